The lowest BCUT2D eigenvalue weighted by molar-refractivity contribution is 0.340. The summed E-state index contributed by atoms with van der Waals surface area (Å²) in [7, 11) is 0. The first kappa shape index (κ1) is 18.7. The van der Waals surface area contributed by atoms with Crippen molar-refractivity contribution in [1.82, 2.24) is 19.7 Å². The summed E-state index contributed by atoms with van der Waals surface area (Å²) in [6, 6.07) is 17.9. The first-order chi connectivity index (χ1) is 14.1. The van der Waals surface area contributed by atoms with E-state index in [1.54, 1.807) is 6.20 Å². The SMILES string of the molecule is CCOc1ccc(Nc2nccc(-c3cn(-c4ccc(C)cc4)nc3C)n2)cc1. The average Bonchev–Trinajstić information content (AvgIpc) is 3.12. The monoisotopic (exact) mass is 385 g/mol. The van der Waals surface area contributed by atoms with E-state index in [-0.39, 0.29) is 0 Å². The fraction of sp³-hybridized carbons (Fsp3) is 0.174. The van der Waals surface area contributed by atoms with Gasteiger partial charge in [-0.1, -0.05) is 17.7 Å². The molecule has 0 spiro atoms. The second-order valence-electron chi connectivity index (χ2n) is 6.76. The summed E-state index contributed by atoms with van der Waals surface area (Å²) in [5.41, 5.74) is 5.85. The zero-order valence-electron chi connectivity index (χ0n) is 16.8. The Morgan fingerprint density at radius 2 is 1.72 bits per heavy atom. The number of nitrogens with zero attached hydrogens (tertiary/aromatic N) is 4. The van der Waals surface area contributed by atoms with Gasteiger partial charge in [0.2, 0.25) is 5.95 Å². The fourth-order valence-corrected chi connectivity index (χ4v) is 3.04. The number of hydrogen-bond acceptors (Lipinski definition) is 5. The van der Waals surface area contributed by atoms with Crippen LogP contribution >= 0.6 is 0 Å². The lowest BCUT2D eigenvalue weighted by Crippen LogP contribution is -1.98. The lowest BCUT2D eigenvalue weighted by Gasteiger charge is -2.07. The van der Waals surface area contributed by atoms with Crippen molar-refractivity contribution in [3.8, 4) is 22.7 Å². The van der Waals surface area contributed by atoms with E-state index in [0.717, 1.165) is 34.1 Å². The third-order valence-electron chi connectivity index (χ3n) is 4.55. The van der Waals surface area contributed by atoms with Crippen LogP contribution in [0.25, 0.3) is 16.9 Å². The minimum atomic E-state index is 0.536. The van der Waals surface area contributed by atoms with Gasteiger partial charge in [-0.15, -0.1) is 0 Å². The molecule has 146 valence electrons. The summed E-state index contributed by atoms with van der Waals surface area (Å²) in [6.45, 7) is 6.67. The second-order valence-corrected chi connectivity index (χ2v) is 6.76. The van der Waals surface area contributed by atoms with Gasteiger partial charge in [0.15, 0.2) is 0 Å². The van der Waals surface area contributed by atoms with Gasteiger partial charge in [0.05, 0.1) is 23.7 Å². The predicted molar refractivity (Wildman–Crippen MR) is 115 cm³/mol. The number of aryl methyl sites for hydroxylation is 2. The van der Waals surface area contributed by atoms with Crippen molar-refractivity contribution in [3.05, 3.63) is 78.2 Å². The van der Waals surface area contributed by atoms with Gasteiger partial charge in [-0.2, -0.15) is 5.10 Å². The fourth-order valence-electron chi connectivity index (χ4n) is 3.04. The third kappa shape index (κ3) is 4.27. The van der Waals surface area contributed by atoms with Crippen LogP contribution in [-0.4, -0.2) is 26.4 Å². The van der Waals surface area contributed by atoms with Crippen molar-refractivity contribution in [2.45, 2.75) is 20.8 Å². The van der Waals surface area contributed by atoms with Crippen molar-refractivity contribution < 1.29 is 4.74 Å². The van der Waals surface area contributed by atoms with E-state index < -0.39 is 0 Å². The van der Waals surface area contributed by atoms with Gasteiger partial charge < -0.3 is 10.1 Å². The van der Waals surface area contributed by atoms with Crippen LogP contribution < -0.4 is 10.1 Å². The highest BCUT2D eigenvalue weighted by molar-refractivity contribution is 5.64. The number of benzene rings is 2. The maximum absolute atomic E-state index is 5.48. The summed E-state index contributed by atoms with van der Waals surface area (Å²) < 4.78 is 7.36. The van der Waals surface area contributed by atoms with Crippen LogP contribution in [0.3, 0.4) is 0 Å². The molecule has 0 aliphatic heterocycles. The van der Waals surface area contributed by atoms with Crippen molar-refractivity contribution in [2.24, 2.45) is 0 Å². The molecule has 0 saturated heterocycles. The highest BCUT2D eigenvalue weighted by Crippen LogP contribution is 2.24. The molecular formula is C23H23N5O. The van der Waals surface area contributed by atoms with Crippen LogP contribution in [0.1, 0.15) is 18.2 Å². The molecule has 0 atom stereocenters. The molecule has 0 radical (unpaired) electrons. The van der Waals surface area contributed by atoms with Crippen molar-refractivity contribution >= 4 is 11.6 Å². The van der Waals surface area contributed by atoms with Gasteiger partial charge in [-0.05, 0) is 63.2 Å². The molecule has 4 aromatic rings. The number of ether oxygens (including phenoxy) is 1. The van der Waals surface area contributed by atoms with E-state index >= 15 is 0 Å². The van der Waals surface area contributed by atoms with Gasteiger partial charge >= 0.3 is 0 Å². The molecule has 2 heterocycles. The van der Waals surface area contributed by atoms with E-state index in [4.69, 9.17) is 4.74 Å². The second kappa shape index (κ2) is 8.14. The third-order valence-corrected chi connectivity index (χ3v) is 4.55. The standard InChI is InChI=1S/C23H23N5O/c1-4-29-20-11-7-18(8-12-20)25-23-24-14-13-22(26-23)21-15-28(27-17(21)3)19-9-5-16(2)6-10-19/h5-15H,4H2,1-3H3,(H,24,25,26). The van der Waals surface area contributed by atoms with Gasteiger partial charge in [-0.3, -0.25) is 0 Å². The predicted octanol–water partition coefficient (Wildman–Crippen LogP) is 5.09. The summed E-state index contributed by atoms with van der Waals surface area (Å²) in [6.07, 6.45) is 3.75. The first-order valence-corrected chi connectivity index (χ1v) is 9.59. The van der Waals surface area contributed by atoms with E-state index in [1.807, 2.05) is 55.1 Å². The molecule has 0 bridgehead atoms. The Morgan fingerprint density at radius 3 is 2.45 bits per heavy atom. The van der Waals surface area contributed by atoms with E-state index in [1.165, 1.54) is 5.56 Å². The highest BCUT2D eigenvalue weighted by Gasteiger charge is 2.11. The lowest BCUT2D eigenvalue weighted by atomic mass is 10.2. The quantitative estimate of drug-likeness (QED) is 0.501. The molecular weight excluding hydrogens is 362 g/mol. The van der Waals surface area contributed by atoms with E-state index in [0.29, 0.717) is 12.6 Å². The van der Waals surface area contributed by atoms with Crippen LogP contribution in [0.2, 0.25) is 0 Å². The number of hydrogen-bond donors (Lipinski definition) is 1. The molecule has 1 N–H and O–H groups in total. The van der Waals surface area contributed by atoms with E-state index in [9.17, 15) is 0 Å². The Labute approximate surface area is 170 Å². The van der Waals surface area contributed by atoms with Gasteiger partial charge in [0.25, 0.3) is 0 Å². The Kier molecular flexibility index (Phi) is 5.24. The van der Waals surface area contributed by atoms with Crippen molar-refractivity contribution in [1.29, 1.82) is 0 Å². The Morgan fingerprint density at radius 1 is 0.966 bits per heavy atom. The molecule has 4 rings (SSSR count). The summed E-state index contributed by atoms with van der Waals surface area (Å²) in [5.74, 6) is 1.38. The van der Waals surface area contributed by atoms with Crippen LogP contribution in [0.5, 0.6) is 5.75 Å². The number of anilines is 2. The summed E-state index contributed by atoms with van der Waals surface area (Å²) >= 11 is 0. The Balaban J connectivity index is 1.58. The van der Waals surface area contributed by atoms with Crippen LogP contribution in [0, 0.1) is 13.8 Å². The molecule has 6 nitrogen and oxygen atoms in total. The molecule has 0 saturated carbocycles. The van der Waals surface area contributed by atoms with Crippen molar-refractivity contribution in [3.63, 3.8) is 0 Å². The summed E-state index contributed by atoms with van der Waals surface area (Å²) in [5, 5.41) is 7.89. The topological polar surface area (TPSA) is 64.9 Å². The minimum absolute atomic E-state index is 0.536. The first-order valence-electron chi connectivity index (χ1n) is 9.59. The molecule has 0 aliphatic rings. The molecule has 0 amide bonds. The van der Waals surface area contributed by atoms with E-state index in [2.05, 4.69) is 51.6 Å². The highest BCUT2D eigenvalue weighted by atomic mass is 16.5. The zero-order chi connectivity index (χ0) is 20.2. The number of rotatable bonds is 6. The molecule has 0 aliphatic carbocycles. The van der Waals surface area contributed by atoms with Gasteiger partial charge in [0.1, 0.15) is 5.75 Å². The smallest absolute Gasteiger partial charge is 0.227 e. The van der Waals surface area contributed by atoms with Gasteiger partial charge in [0, 0.05) is 23.6 Å². The minimum Gasteiger partial charge on any atom is -0.494 e. The molecule has 2 aromatic heterocycles. The average molecular weight is 385 g/mol. The molecule has 6 heteroatoms. The normalized spacial score (nSPS) is 10.7. The molecule has 29 heavy (non-hydrogen) atoms. The van der Waals surface area contributed by atoms with Crippen LogP contribution in [0.15, 0.2) is 67.0 Å². The number of aromatic nitrogens is 4. The number of nitrogens with one attached hydrogen (secondary N) is 1. The Bertz CT molecular complexity index is 1100. The Hall–Kier alpha value is -3.67. The van der Waals surface area contributed by atoms with Crippen molar-refractivity contribution in [2.75, 3.05) is 11.9 Å². The van der Waals surface area contributed by atoms with Gasteiger partial charge in [-0.25, -0.2) is 14.6 Å². The zero-order valence-corrected chi connectivity index (χ0v) is 16.8. The molecule has 0 fully saturated rings. The van der Waals surface area contributed by atoms with Crippen LogP contribution in [-0.2, 0) is 0 Å². The largest absolute Gasteiger partial charge is 0.494 e. The maximum Gasteiger partial charge on any atom is 0.227 e. The molecule has 0 unspecified atom stereocenters. The molecule has 2 aromatic carbocycles. The maximum atomic E-state index is 5.48. The van der Waals surface area contributed by atoms with Crippen LogP contribution in [0.4, 0.5) is 11.6 Å². The summed E-state index contributed by atoms with van der Waals surface area (Å²) in [4.78, 5) is 9.01.